The Labute approximate surface area is 185 Å². The summed E-state index contributed by atoms with van der Waals surface area (Å²) in [6.45, 7) is 5.51. The van der Waals surface area contributed by atoms with Crippen LogP contribution in [-0.4, -0.2) is 14.5 Å². The maximum Gasteiger partial charge on any atom is 0.141 e. The second-order valence-corrected chi connectivity index (χ2v) is 8.92. The lowest BCUT2D eigenvalue weighted by Crippen LogP contribution is -2.03. The third-order valence-electron chi connectivity index (χ3n) is 6.21. The highest BCUT2D eigenvalue weighted by atomic mass is 15.1. The molecule has 2 rings (SSSR count). The zero-order valence-corrected chi connectivity index (χ0v) is 19.7. The lowest BCUT2D eigenvalue weighted by atomic mass is 10.0. The molecule has 0 fully saturated rings. The van der Waals surface area contributed by atoms with Gasteiger partial charge in [-0.3, -0.25) is 4.98 Å². The average Bonchev–Trinajstić information content (AvgIpc) is 3.14. The number of unbranched alkanes of at least 4 members (excludes halogenated alkanes) is 15. The first-order valence-corrected chi connectivity index (χ1v) is 12.8. The van der Waals surface area contributed by atoms with Crippen molar-refractivity contribution in [2.24, 2.45) is 0 Å². The van der Waals surface area contributed by atoms with Crippen LogP contribution in [0.3, 0.4) is 0 Å². The standard InChI is InChI=1S/C27H45N3/c1-3-4-5-6-7-8-9-10-11-12-13-14-15-16-17-18-22-30-25(2)23-29-27(30)26-20-19-21-28-24-26/h19-21,23-24H,3-18,22H2,1-2H3. The summed E-state index contributed by atoms with van der Waals surface area (Å²) in [6, 6.07) is 4.08. The number of aromatic nitrogens is 3. The summed E-state index contributed by atoms with van der Waals surface area (Å²) >= 11 is 0. The van der Waals surface area contributed by atoms with Gasteiger partial charge in [0.15, 0.2) is 0 Å². The molecular weight excluding hydrogens is 366 g/mol. The Morgan fingerprint density at radius 2 is 1.23 bits per heavy atom. The summed E-state index contributed by atoms with van der Waals surface area (Å²) < 4.78 is 2.35. The zero-order chi connectivity index (χ0) is 21.3. The molecule has 0 spiro atoms. The molecule has 2 aromatic heterocycles. The van der Waals surface area contributed by atoms with Crippen LogP contribution in [-0.2, 0) is 6.54 Å². The SMILES string of the molecule is CCCCCCCCCCCCCCCCCCn1c(C)cnc1-c1cccnc1. The minimum Gasteiger partial charge on any atom is -0.328 e. The van der Waals surface area contributed by atoms with Gasteiger partial charge in [0, 0.05) is 36.4 Å². The molecule has 3 heteroatoms. The van der Waals surface area contributed by atoms with Gasteiger partial charge < -0.3 is 4.57 Å². The van der Waals surface area contributed by atoms with E-state index in [4.69, 9.17) is 0 Å². The first-order valence-electron chi connectivity index (χ1n) is 12.8. The summed E-state index contributed by atoms with van der Waals surface area (Å²) in [6.07, 6.45) is 28.3. The van der Waals surface area contributed by atoms with E-state index in [1.54, 1.807) is 0 Å². The van der Waals surface area contributed by atoms with E-state index in [1.165, 1.54) is 108 Å². The normalized spacial score (nSPS) is 11.3. The van der Waals surface area contributed by atoms with Gasteiger partial charge in [-0.2, -0.15) is 0 Å². The van der Waals surface area contributed by atoms with Gasteiger partial charge in [-0.25, -0.2) is 4.98 Å². The fourth-order valence-electron chi connectivity index (χ4n) is 4.29. The highest BCUT2D eigenvalue weighted by Crippen LogP contribution is 2.20. The first-order chi connectivity index (χ1) is 14.8. The van der Waals surface area contributed by atoms with Gasteiger partial charge in [0.25, 0.3) is 0 Å². The maximum absolute atomic E-state index is 4.60. The van der Waals surface area contributed by atoms with Gasteiger partial charge in [0.2, 0.25) is 0 Å². The van der Waals surface area contributed by atoms with Crippen molar-refractivity contribution in [1.29, 1.82) is 0 Å². The molecule has 0 bridgehead atoms. The van der Waals surface area contributed by atoms with E-state index >= 15 is 0 Å². The van der Waals surface area contributed by atoms with Gasteiger partial charge >= 0.3 is 0 Å². The van der Waals surface area contributed by atoms with E-state index in [9.17, 15) is 0 Å². The molecule has 0 unspecified atom stereocenters. The van der Waals surface area contributed by atoms with Crippen molar-refractivity contribution in [3.8, 4) is 11.4 Å². The van der Waals surface area contributed by atoms with Crippen molar-refractivity contribution >= 4 is 0 Å². The molecule has 0 saturated heterocycles. The van der Waals surface area contributed by atoms with Crippen molar-refractivity contribution in [2.45, 2.75) is 123 Å². The molecule has 0 saturated carbocycles. The third-order valence-corrected chi connectivity index (χ3v) is 6.21. The quantitative estimate of drug-likeness (QED) is 0.230. The van der Waals surface area contributed by atoms with E-state index in [-0.39, 0.29) is 0 Å². The van der Waals surface area contributed by atoms with Crippen LogP contribution in [0.2, 0.25) is 0 Å². The smallest absolute Gasteiger partial charge is 0.141 e. The Bertz CT molecular complexity index is 647. The minimum absolute atomic E-state index is 1.06. The summed E-state index contributed by atoms with van der Waals surface area (Å²) in [4.78, 5) is 8.84. The van der Waals surface area contributed by atoms with Crippen molar-refractivity contribution in [3.05, 3.63) is 36.4 Å². The topological polar surface area (TPSA) is 30.7 Å². The molecule has 3 nitrogen and oxygen atoms in total. The fourth-order valence-corrected chi connectivity index (χ4v) is 4.29. The van der Waals surface area contributed by atoms with Gasteiger partial charge in [0.1, 0.15) is 5.82 Å². The van der Waals surface area contributed by atoms with Crippen LogP contribution in [0.4, 0.5) is 0 Å². The molecule has 0 aliphatic heterocycles. The number of hydrogen-bond acceptors (Lipinski definition) is 2. The predicted molar refractivity (Wildman–Crippen MR) is 130 cm³/mol. The van der Waals surface area contributed by atoms with E-state index < -0.39 is 0 Å². The number of rotatable bonds is 18. The number of nitrogens with zero attached hydrogens (tertiary/aromatic N) is 3. The van der Waals surface area contributed by atoms with E-state index in [0.717, 1.165) is 17.9 Å². The van der Waals surface area contributed by atoms with Gasteiger partial charge in [0.05, 0.1) is 0 Å². The molecule has 2 heterocycles. The van der Waals surface area contributed by atoms with E-state index in [1.807, 2.05) is 24.7 Å². The molecule has 0 N–H and O–H groups in total. The van der Waals surface area contributed by atoms with Crippen molar-refractivity contribution in [1.82, 2.24) is 14.5 Å². The first kappa shape index (κ1) is 24.6. The number of hydrogen-bond donors (Lipinski definition) is 0. The summed E-state index contributed by atoms with van der Waals surface area (Å²) in [5.74, 6) is 1.06. The lowest BCUT2D eigenvalue weighted by molar-refractivity contribution is 0.520. The van der Waals surface area contributed by atoms with Crippen LogP contribution >= 0.6 is 0 Å². The van der Waals surface area contributed by atoms with E-state index in [0.29, 0.717) is 0 Å². The molecule has 168 valence electrons. The minimum atomic E-state index is 1.06. The predicted octanol–water partition coefficient (Wildman–Crippen LogP) is 8.52. The van der Waals surface area contributed by atoms with Crippen LogP contribution in [0.5, 0.6) is 0 Å². The Kier molecular flexibility index (Phi) is 13.2. The van der Waals surface area contributed by atoms with Crippen LogP contribution in [0, 0.1) is 6.92 Å². The Hall–Kier alpha value is -1.64. The highest BCUT2D eigenvalue weighted by molar-refractivity contribution is 5.54. The largest absolute Gasteiger partial charge is 0.328 e. The van der Waals surface area contributed by atoms with Gasteiger partial charge in [-0.15, -0.1) is 0 Å². The van der Waals surface area contributed by atoms with Crippen LogP contribution < -0.4 is 0 Å². The van der Waals surface area contributed by atoms with Gasteiger partial charge in [-0.05, 0) is 25.5 Å². The number of aryl methyl sites for hydroxylation is 1. The summed E-state index contributed by atoms with van der Waals surface area (Å²) in [5.41, 5.74) is 2.36. The Morgan fingerprint density at radius 3 is 1.73 bits per heavy atom. The molecule has 0 aliphatic rings. The fraction of sp³-hybridized carbons (Fsp3) is 0.704. The summed E-state index contributed by atoms with van der Waals surface area (Å²) in [7, 11) is 0. The molecule has 0 amide bonds. The second kappa shape index (κ2) is 16.1. The number of imidazole rings is 1. The van der Waals surface area contributed by atoms with E-state index in [2.05, 4.69) is 34.4 Å². The third kappa shape index (κ3) is 9.91. The van der Waals surface area contributed by atoms with Gasteiger partial charge in [-0.1, -0.05) is 103 Å². The lowest BCUT2D eigenvalue weighted by Gasteiger charge is -2.10. The van der Waals surface area contributed by atoms with Crippen molar-refractivity contribution in [2.75, 3.05) is 0 Å². The van der Waals surface area contributed by atoms with Crippen LogP contribution in [0.1, 0.15) is 115 Å². The monoisotopic (exact) mass is 411 g/mol. The second-order valence-electron chi connectivity index (χ2n) is 8.92. The van der Waals surface area contributed by atoms with Crippen LogP contribution in [0.25, 0.3) is 11.4 Å². The average molecular weight is 412 g/mol. The Balaban J connectivity index is 1.43. The van der Waals surface area contributed by atoms with Crippen molar-refractivity contribution in [3.63, 3.8) is 0 Å². The van der Waals surface area contributed by atoms with Crippen LogP contribution in [0.15, 0.2) is 30.7 Å². The molecule has 30 heavy (non-hydrogen) atoms. The maximum atomic E-state index is 4.60. The molecule has 0 aromatic carbocycles. The highest BCUT2D eigenvalue weighted by Gasteiger charge is 2.08. The molecular formula is C27H45N3. The molecule has 0 aliphatic carbocycles. The molecule has 0 atom stereocenters. The Morgan fingerprint density at radius 1 is 0.700 bits per heavy atom. The van der Waals surface area contributed by atoms with Crippen molar-refractivity contribution < 1.29 is 0 Å². The zero-order valence-electron chi connectivity index (χ0n) is 19.7. The summed E-state index contributed by atoms with van der Waals surface area (Å²) in [5, 5.41) is 0. The molecule has 2 aromatic rings. The molecule has 0 radical (unpaired) electrons. The number of pyridine rings is 1.